The van der Waals surface area contributed by atoms with Crippen LogP contribution >= 0.6 is 34.8 Å². The average molecular weight is 361 g/mol. The van der Waals surface area contributed by atoms with Gasteiger partial charge in [-0.1, -0.05) is 48.7 Å². The van der Waals surface area contributed by atoms with Gasteiger partial charge in [0.05, 0.1) is 10.0 Å². The number of nitrogen functional groups attached to an aromatic ring is 1. The average Bonchev–Trinajstić information content (AvgIpc) is 2.47. The van der Waals surface area contributed by atoms with E-state index >= 15 is 0 Å². The molecule has 0 amide bonds. The monoisotopic (exact) mass is 359 g/mol. The van der Waals surface area contributed by atoms with Gasteiger partial charge in [0.1, 0.15) is 0 Å². The lowest BCUT2D eigenvalue weighted by atomic mass is 9.96. The fraction of sp³-hybridized carbons (Fsp3) is 0.333. The zero-order valence-corrected chi connectivity index (χ0v) is 14.5. The molecule has 118 valence electrons. The van der Waals surface area contributed by atoms with E-state index in [0.717, 1.165) is 18.4 Å². The highest BCUT2D eigenvalue weighted by Crippen LogP contribution is 2.38. The first-order valence-electron chi connectivity index (χ1n) is 6.91. The summed E-state index contributed by atoms with van der Waals surface area (Å²) in [6.45, 7) is 4.19. The number of hydrogen-bond acceptors (Lipinski definition) is 4. The number of halogens is 3. The third-order valence-corrected chi connectivity index (χ3v) is 4.26. The molecule has 0 spiro atoms. The Labute approximate surface area is 144 Å². The van der Waals surface area contributed by atoms with E-state index in [0.29, 0.717) is 38.4 Å². The molecule has 7 heteroatoms. The highest BCUT2D eigenvalue weighted by Gasteiger charge is 2.16. The molecule has 1 heterocycles. The van der Waals surface area contributed by atoms with E-state index in [9.17, 15) is 0 Å². The second-order valence-corrected chi connectivity index (χ2v) is 6.03. The van der Waals surface area contributed by atoms with E-state index in [-0.39, 0.29) is 0 Å². The minimum Gasteiger partial charge on any atom is -0.434 e. The largest absolute Gasteiger partial charge is 0.434 e. The van der Waals surface area contributed by atoms with Gasteiger partial charge >= 0.3 is 0 Å². The van der Waals surface area contributed by atoms with Gasteiger partial charge in [-0.3, -0.25) is 0 Å². The summed E-state index contributed by atoms with van der Waals surface area (Å²) in [4.78, 5) is 0. The number of nitrogens with two attached hydrogens (primary N) is 1. The number of hydrogen-bond donors (Lipinski definition) is 1. The second kappa shape index (κ2) is 7.36. The van der Waals surface area contributed by atoms with Crippen molar-refractivity contribution in [3.63, 3.8) is 0 Å². The van der Waals surface area contributed by atoms with Crippen molar-refractivity contribution in [1.82, 2.24) is 10.2 Å². The lowest BCUT2D eigenvalue weighted by Gasteiger charge is -2.15. The van der Waals surface area contributed by atoms with E-state index in [1.54, 1.807) is 18.2 Å². The van der Waals surface area contributed by atoms with Crippen LogP contribution in [-0.2, 0) is 0 Å². The van der Waals surface area contributed by atoms with Crippen molar-refractivity contribution in [3.05, 3.63) is 39.0 Å². The standard InChI is InChI=1S/C15H16Cl3N3O/c1-3-8(4-2)10-7-13(20-21-15(10)18)22-14-11(16)5-9(19)6-12(14)17/h5-8H,3-4,19H2,1-2H3. The molecule has 0 fully saturated rings. The van der Waals surface area contributed by atoms with Crippen LogP contribution < -0.4 is 10.5 Å². The number of anilines is 1. The molecule has 2 N–H and O–H groups in total. The summed E-state index contributed by atoms with van der Waals surface area (Å²) in [6, 6.07) is 4.90. The van der Waals surface area contributed by atoms with Gasteiger partial charge in [0.25, 0.3) is 0 Å². The third kappa shape index (κ3) is 3.75. The Hall–Kier alpha value is -1.23. The Bertz CT molecular complexity index is 652. The van der Waals surface area contributed by atoms with E-state index in [4.69, 9.17) is 45.3 Å². The van der Waals surface area contributed by atoms with Crippen LogP contribution in [0.4, 0.5) is 5.69 Å². The maximum Gasteiger partial charge on any atom is 0.239 e. The zero-order chi connectivity index (χ0) is 16.3. The van der Waals surface area contributed by atoms with Crippen LogP contribution in [0.3, 0.4) is 0 Å². The van der Waals surface area contributed by atoms with Crippen LogP contribution in [0, 0.1) is 0 Å². The normalized spacial score (nSPS) is 11.0. The van der Waals surface area contributed by atoms with Crippen LogP contribution in [-0.4, -0.2) is 10.2 Å². The first-order valence-corrected chi connectivity index (χ1v) is 8.05. The van der Waals surface area contributed by atoms with Crippen molar-refractivity contribution in [2.24, 2.45) is 0 Å². The number of rotatable bonds is 5. The summed E-state index contributed by atoms with van der Waals surface area (Å²) in [5.41, 5.74) is 7.03. The van der Waals surface area contributed by atoms with Crippen molar-refractivity contribution in [2.75, 3.05) is 5.73 Å². The Balaban J connectivity index is 2.37. The molecule has 0 bridgehead atoms. The molecule has 0 saturated carbocycles. The second-order valence-electron chi connectivity index (χ2n) is 4.86. The fourth-order valence-corrected chi connectivity index (χ4v) is 3.05. The van der Waals surface area contributed by atoms with E-state index < -0.39 is 0 Å². The zero-order valence-electron chi connectivity index (χ0n) is 12.2. The molecule has 0 atom stereocenters. The molecule has 0 unspecified atom stereocenters. The van der Waals surface area contributed by atoms with Crippen LogP contribution in [0.5, 0.6) is 11.6 Å². The predicted octanol–water partition coefficient (Wildman–Crippen LogP) is 5.71. The summed E-state index contributed by atoms with van der Waals surface area (Å²) in [6.07, 6.45) is 1.90. The molecule has 0 aliphatic carbocycles. The number of benzene rings is 1. The maximum atomic E-state index is 6.14. The fourth-order valence-electron chi connectivity index (χ4n) is 2.22. The SMILES string of the molecule is CCC(CC)c1cc(Oc2c(Cl)cc(N)cc2Cl)nnc1Cl. The first-order chi connectivity index (χ1) is 10.5. The predicted molar refractivity (Wildman–Crippen MR) is 91.3 cm³/mol. The quantitative estimate of drug-likeness (QED) is 0.693. The van der Waals surface area contributed by atoms with Gasteiger partial charge in [-0.2, -0.15) is 0 Å². The van der Waals surface area contributed by atoms with Gasteiger partial charge in [-0.05, 0) is 36.5 Å². The van der Waals surface area contributed by atoms with Crippen LogP contribution in [0.2, 0.25) is 15.2 Å². The summed E-state index contributed by atoms with van der Waals surface area (Å²) in [7, 11) is 0. The van der Waals surface area contributed by atoms with E-state index in [2.05, 4.69) is 24.0 Å². The highest BCUT2D eigenvalue weighted by molar-refractivity contribution is 6.37. The van der Waals surface area contributed by atoms with E-state index in [1.165, 1.54) is 0 Å². The maximum absolute atomic E-state index is 6.14. The van der Waals surface area contributed by atoms with Crippen molar-refractivity contribution in [1.29, 1.82) is 0 Å². The van der Waals surface area contributed by atoms with Crippen LogP contribution in [0.15, 0.2) is 18.2 Å². The van der Waals surface area contributed by atoms with Gasteiger partial charge in [0.2, 0.25) is 5.88 Å². The molecule has 1 aromatic heterocycles. The lowest BCUT2D eigenvalue weighted by molar-refractivity contribution is 0.453. The number of nitrogens with zero attached hydrogens (tertiary/aromatic N) is 2. The minimum absolute atomic E-state index is 0.292. The smallest absolute Gasteiger partial charge is 0.239 e. The Morgan fingerprint density at radius 1 is 1.05 bits per heavy atom. The van der Waals surface area contributed by atoms with Gasteiger partial charge in [-0.15, -0.1) is 10.2 Å². The summed E-state index contributed by atoms with van der Waals surface area (Å²) >= 11 is 18.4. The van der Waals surface area contributed by atoms with Gasteiger partial charge < -0.3 is 10.5 Å². The molecular formula is C15H16Cl3N3O. The molecule has 2 aromatic rings. The van der Waals surface area contributed by atoms with Crippen LogP contribution in [0.1, 0.15) is 38.2 Å². The summed E-state index contributed by atoms with van der Waals surface area (Å²) < 4.78 is 5.68. The third-order valence-electron chi connectivity index (χ3n) is 3.41. The van der Waals surface area contributed by atoms with Gasteiger partial charge in [-0.25, -0.2) is 0 Å². The van der Waals surface area contributed by atoms with Crippen LogP contribution in [0.25, 0.3) is 0 Å². The molecule has 0 radical (unpaired) electrons. The van der Waals surface area contributed by atoms with Gasteiger partial charge in [0.15, 0.2) is 10.9 Å². The molecule has 0 aliphatic rings. The summed E-state index contributed by atoms with van der Waals surface area (Å²) in [5, 5.41) is 8.89. The molecule has 22 heavy (non-hydrogen) atoms. The highest BCUT2D eigenvalue weighted by atomic mass is 35.5. The lowest BCUT2D eigenvalue weighted by Crippen LogP contribution is -2.01. The van der Waals surface area contributed by atoms with Gasteiger partial charge in [0, 0.05) is 11.8 Å². The Kier molecular flexibility index (Phi) is 5.73. The van der Waals surface area contributed by atoms with Crippen molar-refractivity contribution < 1.29 is 4.74 Å². The molecule has 4 nitrogen and oxygen atoms in total. The molecule has 0 saturated heterocycles. The Morgan fingerprint density at radius 2 is 1.64 bits per heavy atom. The Morgan fingerprint density at radius 3 is 2.18 bits per heavy atom. The van der Waals surface area contributed by atoms with Crippen molar-refractivity contribution in [3.8, 4) is 11.6 Å². The number of aromatic nitrogens is 2. The summed E-state index contributed by atoms with van der Waals surface area (Å²) in [5.74, 6) is 0.882. The molecule has 1 aromatic carbocycles. The van der Waals surface area contributed by atoms with Crippen molar-refractivity contribution >= 4 is 40.5 Å². The number of ether oxygens (including phenoxy) is 1. The molecular weight excluding hydrogens is 345 g/mol. The topological polar surface area (TPSA) is 61.0 Å². The molecule has 0 aliphatic heterocycles. The molecule has 2 rings (SSSR count). The van der Waals surface area contributed by atoms with E-state index in [1.807, 2.05) is 0 Å². The minimum atomic E-state index is 0.292. The first kappa shape index (κ1) is 17.1. The van der Waals surface area contributed by atoms with Crippen molar-refractivity contribution in [2.45, 2.75) is 32.6 Å².